The van der Waals surface area contributed by atoms with Gasteiger partial charge in [-0.05, 0) is 26.8 Å². The third-order valence-corrected chi connectivity index (χ3v) is 3.66. The summed E-state index contributed by atoms with van der Waals surface area (Å²) in [5, 5.41) is 0. The Hall–Kier alpha value is -0.330. The molecule has 1 fully saturated rings. The van der Waals surface area contributed by atoms with Crippen LogP contribution in [0.2, 0.25) is 0 Å². The van der Waals surface area contributed by atoms with Gasteiger partial charge in [0.15, 0.2) is 0 Å². The molecule has 1 aliphatic heterocycles. The van der Waals surface area contributed by atoms with Gasteiger partial charge in [-0.3, -0.25) is 4.90 Å². The zero-order valence-corrected chi connectivity index (χ0v) is 11.3. The van der Waals surface area contributed by atoms with E-state index in [4.69, 9.17) is 5.73 Å². The maximum atomic E-state index is 12.0. The van der Waals surface area contributed by atoms with Crippen LogP contribution in [0.3, 0.4) is 0 Å². The third-order valence-electron chi connectivity index (χ3n) is 3.66. The molecule has 1 saturated heterocycles. The summed E-state index contributed by atoms with van der Waals surface area (Å²) >= 11 is 0. The zero-order chi connectivity index (χ0) is 13.8. The quantitative estimate of drug-likeness (QED) is 0.822. The van der Waals surface area contributed by atoms with Gasteiger partial charge in [0.1, 0.15) is 0 Å². The minimum Gasteiger partial charge on any atom is -0.329 e. The monoisotopic (exact) mass is 267 g/mol. The predicted molar refractivity (Wildman–Crippen MR) is 66.4 cm³/mol. The predicted octanol–water partition coefficient (Wildman–Crippen LogP) is 1.68. The highest BCUT2D eigenvalue weighted by atomic mass is 19.4. The number of hydrogen-bond acceptors (Lipinski definition) is 3. The number of nitrogens with zero attached hydrogens (tertiary/aromatic N) is 2. The van der Waals surface area contributed by atoms with Crippen molar-refractivity contribution in [1.82, 2.24) is 9.80 Å². The lowest BCUT2D eigenvalue weighted by molar-refractivity contribution is -0.136. The molecule has 0 aromatic rings. The topological polar surface area (TPSA) is 32.5 Å². The van der Waals surface area contributed by atoms with Crippen LogP contribution in [0.5, 0.6) is 0 Å². The minimum atomic E-state index is -4.02. The fraction of sp³-hybridized carbons (Fsp3) is 1.00. The molecule has 0 spiro atoms. The van der Waals surface area contributed by atoms with E-state index in [0.717, 1.165) is 26.2 Å². The number of hydrogen-bond donors (Lipinski definition) is 1. The van der Waals surface area contributed by atoms with Gasteiger partial charge < -0.3 is 10.6 Å². The number of alkyl halides is 3. The van der Waals surface area contributed by atoms with Gasteiger partial charge in [-0.2, -0.15) is 13.2 Å². The van der Waals surface area contributed by atoms with Gasteiger partial charge >= 0.3 is 6.18 Å². The Morgan fingerprint density at radius 1 is 1.06 bits per heavy atom. The summed E-state index contributed by atoms with van der Waals surface area (Å²) in [6.45, 7) is 8.78. The van der Waals surface area contributed by atoms with Crippen molar-refractivity contribution in [2.75, 3.05) is 39.3 Å². The maximum Gasteiger partial charge on any atom is 0.389 e. The van der Waals surface area contributed by atoms with E-state index in [1.54, 1.807) is 0 Å². The van der Waals surface area contributed by atoms with Crippen LogP contribution in [0.1, 0.15) is 26.7 Å². The first-order chi connectivity index (χ1) is 8.24. The second-order valence-electron chi connectivity index (χ2n) is 5.56. The molecular formula is C12H24F3N3. The SMILES string of the molecule is CC(C)(CN)N1CCN(CCCC(F)(F)F)CC1. The van der Waals surface area contributed by atoms with E-state index in [9.17, 15) is 13.2 Å². The summed E-state index contributed by atoms with van der Waals surface area (Å²) in [6, 6.07) is 0. The van der Waals surface area contributed by atoms with Crippen LogP contribution in [0, 0.1) is 0 Å². The minimum absolute atomic E-state index is 0.0158. The largest absolute Gasteiger partial charge is 0.389 e. The van der Waals surface area contributed by atoms with Crippen molar-refractivity contribution in [2.24, 2.45) is 5.73 Å². The fourth-order valence-electron chi connectivity index (χ4n) is 2.21. The van der Waals surface area contributed by atoms with Gasteiger partial charge in [0, 0.05) is 44.7 Å². The van der Waals surface area contributed by atoms with Crippen LogP contribution in [0.25, 0.3) is 0 Å². The molecule has 0 aliphatic carbocycles. The smallest absolute Gasteiger partial charge is 0.329 e. The van der Waals surface area contributed by atoms with E-state index in [2.05, 4.69) is 23.6 Å². The van der Waals surface area contributed by atoms with Crippen LogP contribution < -0.4 is 5.73 Å². The summed E-state index contributed by atoms with van der Waals surface area (Å²) in [7, 11) is 0. The average Bonchev–Trinajstić information content (AvgIpc) is 2.28. The van der Waals surface area contributed by atoms with Crippen molar-refractivity contribution in [3.05, 3.63) is 0 Å². The van der Waals surface area contributed by atoms with Gasteiger partial charge in [0.2, 0.25) is 0 Å². The van der Waals surface area contributed by atoms with Crippen LogP contribution >= 0.6 is 0 Å². The average molecular weight is 267 g/mol. The number of nitrogens with two attached hydrogens (primary N) is 1. The molecule has 18 heavy (non-hydrogen) atoms. The molecule has 2 N–H and O–H groups in total. The Balaban J connectivity index is 2.24. The van der Waals surface area contributed by atoms with Crippen LogP contribution in [-0.4, -0.2) is 60.8 Å². The Morgan fingerprint density at radius 3 is 2.06 bits per heavy atom. The molecule has 6 heteroatoms. The Kier molecular flexibility index (Phi) is 5.43. The molecule has 0 aromatic carbocycles. The van der Waals surface area contributed by atoms with E-state index in [1.165, 1.54) is 0 Å². The molecule has 0 atom stereocenters. The normalized spacial score (nSPS) is 20.3. The molecule has 0 bridgehead atoms. The highest BCUT2D eigenvalue weighted by Crippen LogP contribution is 2.22. The van der Waals surface area contributed by atoms with Crippen molar-refractivity contribution in [2.45, 2.75) is 38.4 Å². The lowest BCUT2D eigenvalue weighted by atomic mass is 10.0. The molecule has 0 amide bonds. The molecule has 0 saturated carbocycles. The van der Waals surface area contributed by atoms with Crippen LogP contribution in [0.4, 0.5) is 13.2 Å². The standard InChI is InChI=1S/C12H24F3N3/c1-11(2,10-16)18-8-6-17(7-9-18)5-3-4-12(13,14)15/h3-10,16H2,1-2H3. The first-order valence-corrected chi connectivity index (χ1v) is 6.49. The van der Waals surface area contributed by atoms with E-state index in [-0.39, 0.29) is 12.0 Å². The lowest BCUT2D eigenvalue weighted by Gasteiger charge is -2.43. The Morgan fingerprint density at radius 2 is 1.61 bits per heavy atom. The van der Waals surface area contributed by atoms with E-state index in [1.807, 2.05) is 0 Å². The number of piperazine rings is 1. The fourth-order valence-corrected chi connectivity index (χ4v) is 2.21. The Bertz CT molecular complexity index is 245. The van der Waals surface area contributed by atoms with Gasteiger partial charge in [-0.15, -0.1) is 0 Å². The van der Waals surface area contributed by atoms with Crippen LogP contribution in [-0.2, 0) is 0 Å². The molecule has 108 valence electrons. The van der Waals surface area contributed by atoms with E-state index < -0.39 is 12.6 Å². The van der Waals surface area contributed by atoms with Gasteiger partial charge in [-0.1, -0.05) is 0 Å². The summed E-state index contributed by atoms with van der Waals surface area (Å²) < 4.78 is 36.1. The van der Waals surface area contributed by atoms with E-state index in [0.29, 0.717) is 13.1 Å². The van der Waals surface area contributed by atoms with Gasteiger partial charge in [-0.25, -0.2) is 0 Å². The third kappa shape index (κ3) is 5.12. The molecular weight excluding hydrogens is 243 g/mol. The number of rotatable bonds is 5. The summed E-state index contributed by atoms with van der Waals surface area (Å²) in [5.74, 6) is 0. The zero-order valence-electron chi connectivity index (χ0n) is 11.3. The molecule has 0 aromatic heterocycles. The maximum absolute atomic E-state index is 12.0. The second kappa shape index (κ2) is 6.21. The number of halogens is 3. The molecule has 1 heterocycles. The van der Waals surface area contributed by atoms with Gasteiger partial charge in [0.05, 0.1) is 0 Å². The molecule has 1 rings (SSSR count). The first kappa shape index (κ1) is 15.7. The molecule has 0 unspecified atom stereocenters. The summed E-state index contributed by atoms with van der Waals surface area (Å²) in [4.78, 5) is 4.42. The highest BCUT2D eigenvalue weighted by molar-refractivity contribution is 4.86. The highest BCUT2D eigenvalue weighted by Gasteiger charge is 2.30. The molecule has 3 nitrogen and oxygen atoms in total. The lowest BCUT2D eigenvalue weighted by Crippen LogP contribution is -2.57. The van der Waals surface area contributed by atoms with Crippen molar-refractivity contribution in [1.29, 1.82) is 0 Å². The molecule has 1 aliphatic rings. The second-order valence-corrected chi connectivity index (χ2v) is 5.56. The van der Waals surface area contributed by atoms with Crippen molar-refractivity contribution in [3.63, 3.8) is 0 Å². The first-order valence-electron chi connectivity index (χ1n) is 6.49. The van der Waals surface area contributed by atoms with Crippen LogP contribution in [0.15, 0.2) is 0 Å². The summed E-state index contributed by atoms with van der Waals surface area (Å²) in [6.07, 6.45) is -4.51. The van der Waals surface area contributed by atoms with E-state index >= 15 is 0 Å². The summed E-state index contributed by atoms with van der Waals surface area (Å²) in [5.41, 5.74) is 5.70. The van der Waals surface area contributed by atoms with Crippen molar-refractivity contribution >= 4 is 0 Å². The molecule has 0 radical (unpaired) electrons. The van der Waals surface area contributed by atoms with Crippen molar-refractivity contribution < 1.29 is 13.2 Å². The van der Waals surface area contributed by atoms with Gasteiger partial charge in [0.25, 0.3) is 0 Å². The Labute approximate surface area is 107 Å². The van der Waals surface area contributed by atoms with Crippen molar-refractivity contribution in [3.8, 4) is 0 Å².